The monoisotopic (exact) mass is 197 g/mol. The molecule has 0 bridgehead atoms. The van der Waals surface area contributed by atoms with Crippen molar-refractivity contribution in [2.75, 3.05) is 0 Å². The minimum atomic E-state index is 0.0660. The minimum Gasteiger partial charge on any atom is -0.384 e. The molecule has 2 aromatic rings. The van der Waals surface area contributed by atoms with E-state index in [-0.39, 0.29) is 5.84 Å². The van der Waals surface area contributed by atoms with Crippen molar-refractivity contribution in [3.63, 3.8) is 0 Å². The third-order valence-electron chi connectivity index (χ3n) is 2.16. The summed E-state index contributed by atoms with van der Waals surface area (Å²) in [5, 5.41) is 7.48. The fourth-order valence-electron chi connectivity index (χ4n) is 1.46. The lowest BCUT2D eigenvalue weighted by Crippen LogP contribution is -2.12. The summed E-state index contributed by atoms with van der Waals surface area (Å²) >= 11 is 0. The summed E-state index contributed by atoms with van der Waals surface area (Å²) in [6.45, 7) is 0. The molecule has 0 spiro atoms. The summed E-state index contributed by atoms with van der Waals surface area (Å²) < 4.78 is 0. The Kier molecular flexibility index (Phi) is 2.46. The molecular formula is C12H11N3. The van der Waals surface area contributed by atoms with Crippen LogP contribution in [0.25, 0.3) is 11.3 Å². The molecule has 0 atom stereocenters. The van der Waals surface area contributed by atoms with Gasteiger partial charge in [0.25, 0.3) is 0 Å². The molecule has 3 heteroatoms. The quantitative estimate of drug-likeness (QED) is 0.571. The highest BCUT2D eigenvalue weighted by Crippen LogP contribution is 2.20. The Labute approximate surface area is 88.1 Å². The van der Waals surface area contributed by atoms with Gasteiger partial charge in [-0.15, -0.1) is 0 Å². The first-order chi connectivity index (χ1) is 7.29. The maximum atomic E-state index is 7.48. The van der Waals surface area contributed by atoms with Gasteiger partial charge in [0, 0.05) is 17.3 Å². The number of amidine groups is 1. The van der Waals surface area contributed by atoms with Crippen LogP contribution in [0.15, 0.2) is 48.7 Å². The average Bonchev–Trinajstić information content (AvgIpc) is 2.30. The van der Waals surface area contributed by atoms with E-state index < -0.39 is 0 Å². The molecule has 0 saturated carbocycles. The zero-order chi connectivity index (χ0) is 10.7. The fraction of sp³-hybridized carbons (Fsp3) is 0. The van der Waals surface area contributed by atoms with Gasteiger partial charge in [0.05, 0.1) is 5.69 Å². The van der Waals surface area contributed by atoms with Crippen molar-refractivity contribution in [3.05, 3.63) is 54.2 Å². The summed E-state index contributed by atoms with van der Waals surface area (Å²) in [4.78, 5) is 4.24. The number of hydrogen-bond donors (Lipinski definition) is 2. The third-order valence-corrected chi connectivity index (χ3v) is 2.16. The van der Waals surface area contributed by atoms with Gasteiger partial charge in [0.1, 0.15) is 5.84 Å². The van der Waals surface area contributed by atoms with Gasteiger partial charge >= 0.3 is 0 Å². The standard InChI is InChI=1S/C12H11N3/c13-12(14)10-6-2-1-5-9(10)11-7-3-4-8-15-11/h1-8H,(H3,13,14). The first kappa shape index (κ1) is 9.40. The van der Waals surface area contributed by atoms with Gasteiger partial charge in [-0.05, 0) is 12.1 Å². The fourth-order valence-corrected chi connectivity index (χ4v) is 1.46. The van der Waals surface area contributed by atoms with Crippen LogP contribution in [-0.2, 0) is 0 Å². The van der Waals surface area contributed by atoms with E-state index in [9.17, 15) is 0 Å². The number of hydrogen-bond acceptors (Lipinski definition) is 2. The smallest absolute Gasteiger partial charge is 0.123 e. The maximum absolute atomic E-state index is 7.48. The van der Waals surface area contributed by atoms with Crippen LogP contribution in [0.5, 0.6) is 0 Å². The van der Waals surface area contributed by atoms with Gasteiger partial charge in [-0.25, -0.2) is 0 Å². The number of pyridine rings is 1. The average molecular weight is 197 g/mol. The Hall–Kier alpha value is -2.16. The summed E-state index contributed by atoms with van der Waals surface area (Å²) in [5.74, 6) is 0.0660. The van der Waals surface area contributed by atoms with Gasteiger partial charge in [0.2, 0.25) is 0 Å². The van der Waals surface area contributed by atoms with Crippen LogP contribution < -0.4 is 5.73 Å². The Balaban J connectivity index is 2.58. The Morgan fingerprint density at radius 3 is 2.47 bits per heavy atom. The highest BCUT2D eigenvalue weighted by atomic mass is 14.7. The van der Waals surface area contributed by atoms with Crippen LogP contribution >= 0.6 is 0 Å². The first-order valence-corrected chi connectivity index (χ1v) is 4.64. The molecule has 0 aliphatic rings. The molecule has 1 aromatic heterocycles. The molecule has 3 N–H and O–H groups in total. The van der Waals surface area contributed by atoms with E-state index in [1.807, 2.05) is 42.5 Å². The zero-order valence-corrected chi connectivity index (χ0v) is 8.14. The molecule has 1 heterocycles. The lowest BCUT2D eigenvalue weighted by Gasteiger charge is -2.06. The molecule has 3 nitrogen and oxygen atoms in total. The Morgan fingerprint density at radius 1 is 1.07 bits per heavy atom. The van der Waals surface area contributed by atoms with Gasteiger partial charge < -0.3 is 5.73 Å². The van der Waals surface area contributed by atoms with Crippen molar-refractivity contribution in [2.24, 2.45) is 5.73 Å². The summed E-state index contributed by atoms with van der Waals surface area (Å²) in [6.07, 6.45) is 1.73. The van der Waals surface area contributed by atoms with E-state index in [0.717, 1.165) is 16.8 Å². The summed E-state index contributed by atoms with van der Waals surface area (Å²) in [7, 11) is 0. The van der Waals surface area contributed by atoms with Gasteiger partial charge in [-0.1, -0.05) is 30.3 Å². The predicted molar refractivity (Wildman–Crippen MR) is 60.7 cm³/mol. The lowest BCUT2D eigenvalue weighted by molar-refractivity contribution is 1.32. The number of nitrogens with one attached hydrogen (secondary N) is 1. The van der Waals surface area contributed by atoms with Crippen molar-refractivity contribution in [1.82, 2.24) is 4.98 Å². The first-order valence-electron chi connectivity index (χ1n) is 4.64. The van der Waals surface area contributed by atoms with Crippen LogP contribution in [0.3, 0.4) is 0 Å². The number of nitrogen functional groups attached to an aromatic ring is 1. The maximum Gasteiger partial charge on any atom is 0.123 e. The van der Waals surface area contributed by atoms with Crippen LogP contribution in [0.2, 0.25) is 0 Å². The largest absolute Gasteiger partial charge is 0.384 e. The molecule has 0 fully saturated rings. The molecule has 0 amide bonds. The van der Waals surface area contributed by atoms with E-state index in [1.165, 1.54) is 0 Å². The van der Waals surface area contributed by atoms with Gasteiger partial charge in [-0.2, -0.15) is 0 Å². The summed E-state index contributed by atoms with van der Waals surface area (Å²) in [6, 6.07) is 13.2. The molecule has 1 aromatic carbocycles. The molecule has 0 aliphatic heterocycles. The molecule has 0 aliphatic carbocycles. The molecule has 0 saturated heterocycles. The van der Waals surface area contributed by atoms with E-state index in [4.69, 9.17) is 11.1 Å². The Bertz CT molecular complexity index is 477. The van der Waals surface area contributed by atoms with Gasteiger partial charge in [-0.3, -0.25) is 10.4 Å². The van der Waals surface area contributed by atoms with E-state index in [2.05, 4.69) is 4.98 Å². The second kappa shape index (κ2) is 3.92. The van der Waals surface area contributed by atoms with Crippen molar-refractivity contribution in [2.45, 2.75) is 0 Å². The lowest BCUT2D eigenvalue weighted by atomic mass is 10.0. The zero-order valence-electron chi connectivity index (χ0n) is 8.14. The second-order valence-electron chi connectivity index (χ2n) is 3.17. The molecule has 15 heavy (non-hydrogen) atoms. The van der Waals surface area contributed by atoms with Crippen molar-refractivity contribution in [1.29, 1.82) is 5.41 Å². The van der Waals surface area contributed by atoms with Crippen LogP contribution in [0, 0.1) is 5.41 Å². The normalized spacial score (nSPS) is 9.87. The van der Waals surface area contributed by atoms with E-state index in [1.54, 1.807) is 6.20 Å². The topological polar surface area (TPSA) is 62.8 Å². The van der Waals surface area contributed by atoms with E-state index in [0.29, 0.717) is 0 Å². The predicted octanol–water partition coefficient (Wildman–Crippen LogP) is 2.03. The number of nitrogens with zero attached hydrogens (tertiary/aromatic N) is 1. The van der Waals surface area contributed by atoms with Crippen LogP contribution in [0.4, 0.5) is 0 Å². The SMILES string of the molecule is N=C(N)c1ccccc1-c1ccccn1. The van der Waals surface area contributed by atoms with E-state index >= 15 is 0 Å². The number of aromatic nitrogens is 1. The molecule has 74 valence electrons. The van der Waals surface area contributed by atoms with Crippen LogP contribution in [0.1, 0.15) is 5.56 Å². The highest BCUT2D eigenvalue weighted by Gasteiger charge is 2.06. The molecule has 0 unspecified atom stereocenters. The van der Waals surface area contributed by atoms with Crippen molar-refractivity contribution in [3.8, 4) is 11.3 Å². The highest BCUT2D eigenvalue weighted by molar-refractivity contribution is 6.01. The molecule has 2 rings (SSSR count). The number of rotatable bonds is 2. The van der Waals surface area contributed by atoms with Crippen molar-refractivity contribution >= 4 is 5.84 Å². The van der Waals surface area contributed by atoms with Gasteiger partial charge in [0.15, 0.2) is 0 Å². The number of nitrogens with two attached hydrogens (primary N) is 1. The number of benzene rings is 1. The second-order valence-corrected chi connectivity index (χ2v) is 3.17. The molecule has 0 radical (unpaired) electrons. The minimum absolute atomic E-state index is 0.0660. The van der Waals surface area contributed by atoms with Crippen molar-refractivity contribution < 1.29 is 0 Å². The third kappa shape index (κ3) is 1.86. The Morgan fingerprint density at radius 2 is 1.80 bits per heavy atom. The molecular weight excluding hydrogens is 186 g/mol. The van der Waals surface area contributed by atoms with Crippen LogP contribution in [-0.4, -0.2) is 10.8 Å². The summed E-state index contributed by atoms with van der Waals surface area (Å²) in [5.41, 5.74) is 7.96.